The van der Waals surface area contributed by atoms with Crippen LogP contribution in [0.3, 0.4) is 0 Å². The van der Waals surface area contributed by atoms with E-state index < -0.39 is 11.6 Å². The lowest BCUT2D eigenvalue weighted by Crippen LogP contribution is -2.16. The molecule has 0 bridgehead atoms. The molecule has 0 amide bonds. The molecule has 1 aromatic carbocycles. The molecule has 4 aromatic rings. The number of fused-ring (bicyclic) bond motifs is 1. The van der Waals surface area contributed by atoms with Gasteiger partial charge in [0.25, 0.3) is 0 Å². The van der Waals surface area contributed by atoms with E-state index in [2.05, 4.69) is 4.98 Å². The van der Waals surface area contributed by atoms with Crippen LogP contribution in [0.2, 0.25) is 0 Å². The summed E-state index contributed by atoms with van der Waals surface area (Å²) in [6.07, 6.45) is 0. The number of rotatable bonds is 4. The van der Waals surface area contributed by atoms with Crippen molar-refractivity contribution in [1.29, 1.82) is 0 Å². The number of hydrogen-bond donors (Lipinski definition) is 0. The van der Waals surface area contributed by atoms with Crippen molar-refractivity contribution in [3.05, 3.63) is 74.2 Å². The molecule has 0 fully saturated rings. The van der Waals surface area contributed by atoms with Crippen molar-refractivity contribution in [3.63, 3.8) is 0 Å². The molecule has 0 unspecified atom stereocenters. The molecule has 0 aliphatic carbocycles. The highest BCUT2D eigenvalue weighted by molar-refractivity contribution is 7.14. The van der Waals surface area contributed by atoms with Gasteiger partial charge in [0, 0.05) is 21.7 Å². The van der Waals surface area contributed by atoms with E-state index in [9.17, 15) is 9.59 Å². The summed E-state index contributed by atoms with van der Waals surface area (Å²) in [5, 5.41) is 7.37. The van der Waals surface area contributed by atoms with Crippen molar-refractivity contribution < 1.29 is 13.9 Å². The highest BCUT2D eigenvalue weighted by atomic mass is 32.1. The molecule has 0 spiro atoms. The lowest BCUT2D eigenvalue weighted by atomic mass is 10.2. The summed E-state index contributed by atoms with van der Waals surface area (Å²) in [4.78, 5) is 28.6. The van der Waals surface area contributed by atoms with Crippen LogP contribution in [-0.4, -0.2) is 11.0 Å². The fourth-order valence-electron chi connectivity index (χ4n) is 2.31. The summed E-state index contributed by atoms with van der Waals surface area (Å²) in [7, 11) is 0. The molecule has 3 heterocycles. The van der Waals surface area contributed by atoms with E-state index in [-0.39, 0.29) is 12.2 Å². The second-order valence-electron chi connectivity index (χ2n) is 5.22. The van der Waals surface area contributed by atoms with Crippen molar-refractivity contribution in [3.8, 4) is 10.6 Å². The number of para-hydroxylation sites is 1. The Labute approximate surface area is 150 Å². The smallest absolute Gasteiger partial charge is 0.351 e. The molecule has 0 atom stereocenters. The summed E-state index contributed by atoms with van der Waals surface area (Å²) in [6.45, 7) is 0.00569. The topological polar surface area (TPSA) is 69.4 Å². The summed E-state index contributed by atoms with van der Waals surface area (Å²) < 4.78 is 10.4. The maximum atomic E-state index is 12.2. The van der Waals surface area contributed by atoms with Crippen molar-refractivity contribution in [2.24, 2.45) is 0 Å². The molecule has 25 heavy (non-hydrogen) atoms. The molecule has 124 valence electrons. The number of carbonyl (C=O) groups excluding carboxylic acids is 1. The second kappa shape index (κ2) is 6.62. The summed E-state index contributed by atoms with van der Waals surface area (Å²) >= 11 is 3.08. The molecule has 0 saturated carbocycles. The second-order valence-corrected chi connectivity index (χ2v) is 6.86. The zero-order chi connectivity index (χ0) is 17.2. The monoisotopic (exact) mass is 369 g/mol. The quantitative estimate of drug-likeness (QED) is 0.395. The van der Waals surface area contributed by atoms with Crippen LogP contribution in [-0.2, 0) is 11.3 Å². The van der Waals surface area contributed by atoms with E-state index in [1.807, 2.05) is 22.2 Å². The molecule has 0 saturated heterocycles. The Morgan fingerprint density at radius 1 is 1.20 bits per heavy atom. The largest absolute Gasteiger partial charge is 0.455 e. The van der Waals surface area contributed by atoms with Gasteiger partial charge in [0.2, 0.25) is 0 Å². The minimum absolute atomic E-state index is 0.00569. The third-order valence-electron chi connectivity index (χ3n) is 3.53. The molecular formula is C18H11NO4S2. The Hall–Kier alpha value is -2.77. The predicted octanol–water partition coefficient (Wildman–Crippen LogP) is 4.34. The number of carbonyl (C=O) groups is 1. The zero-order valence-electron chi connectivity index (χ0n) is 12.8. The molecule has 0 aliphatic heterocycles. The van der Waals surface area contributed by atoms with Crippen LogP contribution in [0.25, 0.3) is 21.5 Å². The minimum Gasteiger partial charge on any atom is -0.455 e. The number of hydrogen-bond acceptors (Lipinski definition) is 7. The Morgan fingerprint density at radius 2 is 2.08 bits per heavy atom. The van der Waals surface area contributed by atoms with Gasteiger partial charge in [-0.3, -0.25) is 0 Å². The normalized spacial score (nSPS) is 10.9. The van der Waals surface area contributed by atoms with Gasteiger partial charge >= 0.3 is 11.6 Å². The van der Waals surface area contributed by atoms with E-state index in [1.165, 1.54) is 17.4 Å². The Balaban J connectivity index is 1.51. The SMILES string of the molecule is O=C(OCc1csc(-c2ccsc2)n1)c1cc2ccccc2oc1=O. The number of thiazole rings is 1. The van der Waals surface area contributed by atoms with Crippen LogP contribution in [0.15, 0.2) is 61.8 Å². The van der Waals surface area contributed by atoms with E-state index in [1.54, 1.807) is 35.6 Å². The van der Waals surface area contributed by atoms with Gasteiger partial charge < -0.3 is 9.15 Å². The summed E-state index contributed by atoms with van der Waals surface area (Å²) in [5.74, 6) is -0.718. The molecule has 4 rings (SSSR count). The number of thiophene rings is 1. The Bertz CT molecular complexity index is 1100. The molecule has 3 aromatic heterocycles. The maximum absolute atomic E-state index is 12.2. The predicted molar refractivity (Wildman–Crippen MR) is 97.0 cm³/mol. The van der Waals surface area contributed by atoms with E-state index in [0.29, 0.717) is 16.7 Å². The number of esters is 1. The highest BCUT2D eigenvalue weighted by Gasteiger charge is 2.16. The van der Waals surface area contributed by atoms with Gasteiger partial charge in [-0.05, 0) is 23.6 Å². The standard InChI is InChI=1S/C18H11NO4S2/c20-17(14-7-11-3-1-2-4-15(11)23-18(14)21)22-8-13-10-25-16(19-13)12-5-6-24-9-12/h1-7,9-10H,8H2. The zero-order valence-corrected chi connectivity index (χ0v) is 14.4. The van der Waals surface area contributed by atoms with Crippen LogP contribution in [0.4, 0.5) is 0 Å². The molecule has 7 heteroatoms. The molecule has 5 nitrogen and oxygen atoms in total. The van der Waals surface area contributed by atoms with Crippen molar-refractivity contribution >= 4 is 39.6 Å². The van der Waals surface area contributed by atoms with Gasteiger partial charge in [-0.2, -0.15) is 11.3 Å². The fraction of sp³-hybridized carbons (Fsp3) is 0.0556. The number of nitrogens with zero attached hydrogens (tertiary/aromatic N) is 1. The highest BCUT2D eigenvalue weighted by Crippen LogP contribution is 2.26. The van der Waals surface area contributed by atoms with Gasteiger partial charge in [-0.25, -0.2) is 14.6 Å². The maximum Gasteiger partial charge on any atom is 0.351 e. The third kappa shape index (κ3) is 3.24. The van der Waals surface area contributed by atoms with Gasteiger partial charge in [0.15, 0.2) is 0 Å². The number of aromatic nitrogens is 1. The van der Waals surface area contributed by atoms with Crippen LogP contribution in [0, 0.1) is 0 Å². The first-order valence-corrected chi connectivity index (χ1v) is 9.20. The van der Waals surface area contributed by atoms with Gasteiger partial charge in [-0.15, -0.1) is 11.3 Å². The van der Waals surface area contributed by atoms with Crippen molar-refractivity contribution in [2.45, 2.75) is 6.61 Å². The lowest BCUT2D eigenvalue weighted by Gasteiger charge is -2.03. The molecular weight excluding hydrogens is 358 g/mol. The van der Waals surface area contributed by atoms with E-state index >= 15 is 0 Å². The summed E-state index contributed by atoms with van der Waals surface area (Å²) in [6, 6.07) is 10.5. The number of benzene rings is 1. The first-order valence-electron chi connectivity index (χ1n) is 7.38. The van der Waals surface area contributed by atoms with Crippen LogP contribution in [0.5, 0.6) is 0 Å². The van der Waals surface area contributed by atoms with Crippen LogP contribution in [0.1, 0.15) is 16.1 Å². The number of ether oxygens (including phenoxy) is 1. The molecule has 0 aliphatic rings. The molecule has 0 N–H and O–H groups in total. The van der Waals surface area contributed by atoms with Crippen molar-refractivity contribution in [1.82, 2.24) is 4.98 Å². The Kier molecular flexibility index (Phi) is 4.17. The van der Waals surface area contributed by atoms with Gasteiger partial charge in [-0.1, -0.05) is 18.2 Å². The van der Waals surface area contributed by atoms with Crippen LogP contribution >= 0.6 is 22.7 Å². The third-order valence-corrected chi connectivity index (χ3v) is 5.16. The average Bonchev–Trinajstić information content (AvgIpc) is 3.30. The first kappa shape index (κ1) is 15.7. The lowest BCUT2D eigenvalue weighted by molar-refractivity contribution is 0.0464. The van der Waals surface area contributed by atoms with E-state index in [0.717, 1.165) is 10.6 Å². The van der Waals surface area contributed by atoms with Crippen molar-refractivity contribution in [2.75, 3.05) is 0 Å². The average molecular weight is 369 g/mol. The summed E-state index contributed by atoms with van der Waals surface area (Å²) in [5.41, 5.74) is 1.30. The van der Waals surface area contributed by atoms with E-state index in [4.69, 9.17) is 9.15 Å². The minimum atomic E-state index is -0.718. The van der Waals surface area contributed by atoms with Gasteiger partial charge in [0.05, 0.1) is 5.69 Å². The molecule has 0 radical (unpaired) electrons. The fourth-order valence-corrected chi connectivity index (χ4v) is 3.83. The van der Waals surface area contributed by atoms with Gasteiger partial charge in [0.1, 0.15) is 22.8 Å². The van der Waals surface area contributed by atoms with Crippen LogP contribution < -0.4 is 5.63 Å². The Morgan fingerprint density at radius 3 is 2.92 bits per heavy atom. The first-order chi connectivity index (χ1) is 12.2.